The smallest absolute Gasteiger partial charge is 0.288 e. The molecule has 3 rings (SSSR count). The number of hydrogen-bond acceptors (Lipinski definition) is 4. The van der Waals surface area contributed by atoms with Crippen molar-refractivity contribution in [1.82, 2.24) is 4.72 Å². The average Bonchev–Trinajstić information content (AvgIpc) is 3.45. The van der Waals surface area contributed by atoms with Crippen LogP contribution >= 0.6 is 11.8 Å². The lowest BCUT2D eigenvalue weighted by Gasteiger charge is -2.09. The highest BCUT2D eigenvalue weighted by Crippen LogP contribution is 2.28. The van der Waals surface area contributed by atoms with Crippen molar-refractivity contribution in [3.63, 3.8) is 0 Å². The van der Waals surface area contributed by atoms with Crippen molar-refractivity contribution in [3.8, 4) is 0 Å². The van der Waals surface area contributed by atoms with E-state index in [1.54, 1.807) is 0 Å². The first-order valence-electron chi connectivity index (χ1n) is 8.29. The van der Waals surface area contributed by atoms with Crippen LogP contribution in [0.25, 0.3) is 0 Å². The van der Waals surface area contributed by atoms with Crippen LogP contribution < -0.4 is 10.0 Å². The van der Waals surface area contributed by atoms with Crippen LogP contribution in [-0.2, 0) is 10.0 Å². The minimum absolute atomic E-state index is 0.134. The van der Waals surface area contributed by atoms with Crippen molar-refractivity contribution in [2.24, 2.45) is 5.92 Å². The molecule has 0 unspecified atom stereocenters. The number of carbonyl (C=O) groups excluding carboxylic acids is 1. The van der Waals surface area contributed by atoms with Crippen LogP contribution in [-0.4, -0.2) is 26.6 Å². The molecule has 1 fully saturated rings. The summed E-state index contributed by atoms with van der Waals surface area (Å²) in [5.41, 5.74) is 0.753. The number of nitrogens with one attached hydrogen (secondary N) is 2. The highest BCUT2D eigenvalue weighted by Gasteiger charge is 2.24. The van der Waals surface area contributed by atoms with Crippen molar-refractivity contribution in [2.45, 2.75) is 28.4 Å². The molecule has 0 bridgehead atoms. The Bertz CT molecular complexity index is 897. The van der Waals surface area contributed by atoms with Crippen LogP contribution in [0.15, 0.2) is 58.3 Å². The maximum atomic E-state index is 12.3. The minimum Gasteiger partial charge on any atom is -0.322 e. The molecule has 144 valence electrons. The second-order valence-electron chi connectivity index (χ2n) is 6.18. The predicted octanol–water partition coefficient (Wildman–Crippen LogP) is 3.94. The molecule has 0 aliphatic heterocycles. The average molecular weight is 412 g/mol. The normalized spacial score (nSPS) is 14.3. The molecular weight excluding hydrogens is 394 g/mol. The molecule has 1 aliphatic carbocycles. The van der Waals surface area contributed by atoms with Gasteiger partial charge < -0.3 is 5.32 Å². The van der Waals surface area contributed by atoms with Crippen molar-refractivity contribution in [1.29, 1.82) is 0 Å². The number of hydrogen-bond donors (Lipinski definition) is 2. The van der Waals surface area contributed by atoms with Crippen molar-refractivity contribution in [2.75, 3.05) is 11.9 Å². The Hall–Kier alpha value is -1.97. The summed E-state index contributed by atoms with van der Waals surface area (Å²) in [4.78, 5) is 12.7. The Morgan fingerprint density at radius 1 is 1.07 bits per heavy atom. The first kappa shape index (κ1) is 19.8. The summed E-state index contributed by atoms with van der Waals surface area (Å²) in [6.07, 6.45) is 2.10. The molecule has 1 amide bonds. The standard InChI is InChI=1S/C18H18F2N2O3S2/c19-18(20)26-15-7-3-13(4-8-15)17(23)22-14-5-9-16(10-6-14)27(24,25)21-11-12-1-2-12/h3-10,12,18,21H,1-2,11H2,(H,22,23). The van der Waals surface area contributed by atoms with Crippen molar-refractivity contribution >= 4 is 33.4 Å². The maximum absolute atomic E-state index is 12.3. The fourth-order valence-electron chi connectivity index (χ4n) is 2.34. The molecule has 0 saturated heterocycles. The molecular formula is C18H18F2N2O3S2. The minimum atomic E-state index is -3.55. The summed E-state index contributed by atoms with van der Waals surface area (Å²) >= 11 is 0.408. The van der Waals surface area contributed by atoms with Gasteiger partial charge in [0, 0.05) is 22.7 Å². The van der Waals surface area contributed by atoms with Gasteiger partial charge in [0.2, 0.25) is 10.0 Å². The van der Waals surface area contributed by atoms with Crippen LogP contribution in [0.2, 0.25) is 0 Å². The highest BCUT2D eigenvalue weighted by molar-refractivity contribution is 7.99. The Morgan fingerprint density at radius 2 is 1.70 bits per heavy atom. The number of alkyl halides is 2. The first-order valence-corrected chi connectivity index (χ1v) is 10.7. The molecule has 27 heavy (non-hydrogen) atoms. The zero-order valence-electron chi connectivity index (χ0n) is 14.2. The number of rotatable bonds is 8. The molecule has 1 aliphatic rings. The largest absolute Gasteiger partial charge is 0.322 e. The summed E-state index contributed by atoms with van der Waals surface area (Å²) < 4.78 is 51.5. The van der Waals surface area contributed by atoms with Gasteiger partial charge in [0.15, 0.2) is 0 Å². The second-order valence-corrected chi connectivity index (χ2v) is 9.01. The fraction of sp³-hybridized carbons (Fsp3) is 0.278. The Kier molecular flexibility index (Phi) is 6.13. The lowest BCUT2D eigenvalue weighted by atomic mass is 10.2. The van der Waals surface area contributed by atoms with Crippen LogP contribution in [0.1, 0.15) is 23.2 Å². The second kappa shape index (κ2) is 8.37. The van der Waals surface area contributed by atoms with Gasteiger partial charge in [-0.15, -0.1) is 0 Å². The molecule has 5 nitrogen and oxygen atoms in total. The van der Waals surface area contributed by atoms with Gasteiger partial charge in [-0.05, 0) is 67.3 Å². The number of thioether (sulfide) groups is 1. The molecule has 0 atom stereocenters. The van der Waals surface area contributed by atoms with E-state index < -0.39 is 21.7 Å². The van der Waals surface area contributed by atoms with Crippen molar-refractivity contribution < 1.29 is 22.0 Å². The topological polar surface area (TPSA) is 75.3 Å². The number of halogens is 2. The zero-order valence-corrected chi connectivity index (χ0v) is 15.8. The van der Waals surface area contributed by atoms with E-state index in [-0.39, 0.29) is 4.90 Å². The number of anilines is 1. The maximum Gasteiger partial charge on any atom is 0.288 e. The number of sulfonamides is 1. The third-order valence-corrected chi connectivity index (χ3v) is 6.19. The van der Waals surface area contributed by atoms with Crippen LogP contribution in [0.4, 0.5) is 14.5 Å². The fourth-order valence-corrected chi connectivity index (χ4v) is 3.96. The van der Waals surface area contributed by atoms with Gasteiger partial charge in [0.05, 0.1) is 4.90 Å². The van der Waals surface area contributed by atoms with E-state index in [1.165, 1.54) is 48.5 Å². The van der Waals surface area contributed by atoms with E-state index in [2.05, 4.69) is 10.0 Å². The SMILES string of the molecule is O=C(Nc1ccc(S(=O)(=O)NCC2CC2)cc1)c1ccc(SC(F)F)cc1. The molecule has 2 N–H and O–H groups in total. The number of amides is 1. The van der Waals surface area contributed by atoms with E-state index in [0.717, 1.165) is 12.8 Å². The lowest BCUT2D eigenvalue weighted by Crippen LogP contribution is -2.25. The summed E-state index contributed by atoms with van der Waals surface area (Å²) in [5, 5.41) is 2.65. The van der Waals surface area contributed by atoms with Gasteiger partial charge in [-0.1, -0.05) is 11.8 Å². The van der Waals surface area contributed by atoms with E-state index in [4.69, 9.17) is 0 Å². The Balaban J connectivity index is 1.60. The van der Waals surface area contributed by atoms with Gasteiger partial charge in [-0.25, -0.2) is 13.1 Å². The molecule has 1 saturated carbocycles. The molecule has 0 aromatic heterocycles. The van der Waals surface area contributed by atoms with Crippen LogP contribution in [0, 0.1) is 5.92 Å². The zero-order chi connectivity index (χ0) is 19.4. The molecule has 2 aromatic rings. The molecule has 0 spiro atoms. The van der Waals surface area contributed by atoms with E-state index in [0.29, 0.717) is 40.4 Å². The number of carbonyl (C=O) groups is 1. The molecule has 0 heterocycles. The molecule has 2 aromatic carbocycles. The van der Waals surface area contributed by atoms with E-state index in [1.807, 2.05) is 0 Å². The number of benzene rings is 2. The Labute approximate surface area is 160 Å². The Morgan fingerprint density at radius 3 is 2.26 bits per heavy atom. The van der Waals surface area contributed by atoms with Crippen LogP contribution in [0.3, 0.4) is 0 Å². The monoisotopic (exact) mass is 412 g/mol. The van der Waals surface area contributed by atoms with Gasteiger partial charge in [0.25, 0.3) is 11.7 Å². The first-order chi connectivity index (χ1) is 12.8. The van der Waals surface area contributed by atoms with Gasteiger partial charge in [-0.2, -0.15) is 8.78 Å². The van der Waals surface area contributed by atoms with Gasteiger partial charge in [-0.3, -0.25) is 4.79 Å². The van der Waals surface area contributed by atoms with E-state index in [9.17, 15) is 22.0 Å². The quantitative estimate of drug-likeness (QED) is 0.644. The third-order valence-electron chi connectivity index (χ3n) is 4.02. The molecule has 0 radical (unpaired) electrons. The lowest BCUT2D eigenvalue weighted by molar-refractivity contribution is 0.102. The molecule has 9 heteroatoms. The van der Waals surface area contributed by atoms with Crippen molar-refractivity contribution in [3.05, 3.63) is 54.1 Å². The van der Waals surface area contributed by atoms with Crippen LogP contribution in [0.5, 0.6) is 0 Å². The summed E-state index contributed by atoms with van der Waals surface area (Å²) in [6.45, 7) is 0.445. The third kappa shape index (κ3) is 5.75. The van der Waals surface area contributed by atoms with Gasteiger partial charge in [0.1, 0.15) is 0 Å². The highest BCUT2D eigenvalue weighted by atomic mass is 32.2. The van der Waals surface area contributed by atoms with E-state index >= 15 is 0 Å². The summed E-state index contributed by atoms with van der Waals surface area (Å²) in [7, 11) is -3.55. The predicted molar refractivity (Wildman–Crippen MR) is 101 cm³/mol. The summed E-state index contributed by atoms with van der Waals surface area (Å²) in [6, 6.07) is 11.7. The van der Waals surface area contributed by atoms with Gasteiger partial charge >= 0.3 is 0 Å². The summed E-state index contributed by atoms with van der Waals surface area (Å²) in [5.74, 6) is -2.49.